The molecule has 3 nitrogen and oxygen atoms in total. The standard InChI is InChI=1S/C35H36N2O/c1-8-9-11-28-15-17-32-20-34(28)27(6)29-12-10-13-33(19-29)38-23-30-18-31(16-14-25(30)4)35(32,36-7)26(5)22-37-21-24(2)3/h1,9-22,24,36H,6,23H2,2-5,7H3/b11-9-,26-22+,37-21?. The molecule has 192 valence electrons. The topological polar surface area (TPSA) is 33.6 Å². The minimum atomic E-state index is -0.632. The van der Waals surface area contributed by atoms with Gasteiger partial charge in [-0.1, -0.05) is 62.7 Å². The Labute approximate surface area is 227 Å². The summed E-state index contributed by atoms with van der Waals surface area (Å²) in [5.41, 5.74) is 8.89. The summed E-state index contributed by atoms with van der Waals surface area (Å²) in [7, 11) is 2.00. The fourth-order valence-corrected chi connectivity index (χ4v) is 5.02. The van der Waals surface area contributed by atoms with Crippen molar-refractivity contribution in [3.63, 3.8) is 0 Å². The molecule has 1 unspecified atom stereocenters. The summed E-state index contributed by atoms with van der Waals surface area (Å²) >= 11 is 0. The van der Waals surface area contributed by atoms with Crippen LogP contribution in [-0.2, 0) is 12.1 Å². The van der Waals surface area contributed by atoms with Gasteiger partial charge in [0.15, 0.2) is 0 Å². The predicted molar refractivity (Wildman–Crippen MR) is 161 cm³/mol. The molecule has 0 aromatic heterocycles. The van der Waals surface area contributed by atoms with Crippen LogP contribution < -0.4 is 10.1 Å². The number of nitrogens with zero attached hydrogens (tertiary/aromatic N) is 1. The van der Waals surface area contributed by atoms with Crippen LogP contribution in [0.5, 0.6) is 5.75 Å². The number of aryl methyl sites for hydroxylation is 1. The maximum absolute atomic E-state index is 6.30. The van der Waals surface area contributed by atoms with E-state index in [0.717, 1.165) is 50.3 Å². The first-order chi connectivity index (χ1) is 18.3. The number of allylic oxidation sites excluding steroid dienone is 1. The third-order valence-corrected chi connectivity index (χ3v) is 7.15. The average Bonchev–Trinajstić information content (AvgIpc) is 2.92. The summed E-state index contributed by atoms with van der Waals surface area (Å²) in [6, 6.07) is 21.2. The number of hydrogen-bond donors (Lipinski definition) is 1. The molecule has 6 bridgehead atoms. The lowest BCUT2D eigenvalue weighted by Gasteiger charge is -2.37. The van der Waals surface area contributed by atoms with E-state index in [-0.39, 0.29) is 0 Å². The predicted octanol–water partition coefficient (Wildman–Crippen LogP) is 7.69. The Hall–Kier alpha value is -4.13. The van der Waals surface area contributed by atoms with Crippen LogP contribution >= 0.6 is 0 Å². The second-order valence-corrected chi connectivity index (χ2v) is 10.1. The first-order valence-corrected chi connectivity index (χ1v) is 13.0. The number of ether oxygens (including phenoxy) is 1. The van der Waals surface area contributed by atoms with Crippen molar-refractivity contribution in [2.24, 2.45) is 10.9 Å². The number of nitrogens with one attached hydrogen (secondary N) is 1. The first kappa shape index (κ1) is 26.9. The van der Waals surface area contributed by atoms with E-state index in [4.69, 9.17) is 11.2 Å². The van der Waals surface area contributed by atoms with Gasteiger partial charge in [-0.15, -0.1) is 6.42 Å². The largest absolute Gasteiger partial charge is 0.489 e. The van der Waals surface area contributed by atoms with Crippen LogP contribution in [0.3, 0.4) is 0 Å². The lowest BCUT2D eigenvalue weighted by molar-refractivity contribution is 0.305. The van der Waals surface area contributed by atoms with Crippen molar-refractivity contribution in [1.82, 2.24) is 5.32 Å². The average molecular weight is 501 g/mol. The van der Waals surface area contributed by atoms with E-state index in [1.165, 1.54) is 5.56 Å². The Morgan fingerprint density at radius 1 is 1.13 bits per heavy atom. The van der Waals surface area contributed by atoms with Crippen LogP contribution in [0.15, 0.2) is 90.1 Å². The summed E-state index contributed by atoms with van der Waals surface area (Å²) in [5, 5.41) is 3.68. The molecule has 0 fully saturated rings. The first-order valence-electron chi connectivity index (χ1n) is 13.0. The summed E-state index contributed by atoms with van der Waals surface area (Å²) in [5.74, 6) is 3.79. The molecule has 1 atom stereocenters. The van der Waals surface area contributed by atoms with Crippen LogP contribution in [0, 0.1) is 25.2 Å². The smallest absolute Gasteiger partial charge is 0.120 e. The molecular formula is C35H36N2O. The van der Waals surface area contributed by atoms with E-state index in [2.05, 4.69) is 99.0 Å². The van der Waals surface area contributed by atoms with Gasteiger partial charge in [-0.3, -0.25) is 4.99 Å². The number of aliphatic imine (C=N–C) groups is 1. The number of terminal acetylenes is 1. The van der Waals surface area contributed by atoms with Crippen molar-refractivity contribution in [3.8, 4) is 18.1 Å². The molecule has 3 aromatic carbocycles. The molecule has 0 amide bonds. The molecular weight excluding hydrogens is 464 g/mol. The molecule has 0 spiro atoms. The molecule has 1 N–H and O–H groups in total. The second-order valence-electron chi connectivity index (χ2n) is 10.1. The van der Waals surface area contributed by atoms with Gasteiger partial charge in [0, 0.05) is 12.4 Å². The third kappa shape index (κ3) is 5.28. The molecule has 38 heavy (non-hydrogen) atoms. The molecule has 0 radical (unpaired) electrons. The van der Waals surface area contributed by atoms with E-state index in [1.54, 1.807) is 6.08 Å². The van der Waals surface area contributed by atoms with Gasteiger partial charge in [0.1, 0.15) is 12.4 Å². The quantitative estimate of drug-likeness (QED) is 0.288. The van der Waals surface area contributed by atoms with Gasteiger partial charge in [0.05, 0.1) is 5.54 Å². The summed E-state index contributed by atoms with van der Waals surface area (Å²) in [6.45, 7) is 13.5. The van der Waals surface area contributed by atoms with Crippen molar-refractivity contribution in [2.45, 2.75) is 39.8 Å². The third-order valence-electron chi connectivity index (χ3n) is 7.15. The number of hydrogen-bond acceptors (Lipinski definition) is 3. The van der Waals surface area contributed by atoms with Crippen LogP contribution in [0.2, 0.25) is 0 Å². The fraction of sp³-hybridized carbons (Fsp3) is 0.229. The van der Waals surface area contributed by atoms with Crippen molar-refractivity contribution in [2.75, 3.05) is 7.05 Å². The van der Waals surface area contributed by atoms with Gasteiger partial charge in [-0.2, -0.15) is 0 Å². The maximum atomic E-state index is 6.30. The van der Waals surface area contributed by atoms with Crippen LogP contribution in [0.4, 0.5) is 0 Å². The van der Waals surface area contributed by atoms with Crippen molar-refractivity contribution in [1.29, 1.82) is 0 Å². The van der Waals surface area contributed by atoms with E-state index in [9.17, 15) is 0 Å². The Bertz CT molecular complexity index is 1480. The fourth-order valence-electron chi connectivity index (χ4n) is 5.02. The molecule has 1 aliphatic heterocycles. The molecule has 4 rings (SSSR count). The Morgan fingerprint density at radius 3 is 2.63 bits per heavy atom. The SMILES string of the molecule is C#C/C=C\c1ccc2cc1C(=C)c1cccc(c1)OCc1cc(ccc1C)C2(NC)/C(C)=C/N=CC(C)C. The zero-order valence-electron chi connectivity index (χ0n) is 23.0. The molecule has 0 aliphatic carbocycles. The molecule has 3 heteroatoms. The normalized spacial score (nSPS) is 17.6. The summed E-state index contributed by atoms with van der Waals surface area (Å²) < 4.78 is 6.30. The van der Waals surface area contributed by atoms with Gasteiger partial charge >= 0.3 is 0 Å². The highest BCUT2D eigenvalue weighted by molar-refractivity contribution is 5.84. The zero-order chi connectivity index (χ0) is 27.3. The van der Waals surface area contributed by atoms with Gasteiger partial charge in [-0.05, 0) is 113 Å². The van der Waals surface area contributed by atoms with E-state index < -0.39 is 5.54 Å². The lowest BCUT2D eigenvalue weighted by Crippen LogP contribution is -2.42. The highest BCUT2D eigenvalue weighted by atomic mass is 16.5. The van der Waals surface area contributed by atoms with Crippen molar-refractivity contribution in [3.05, 3.63) is 124 Å². The highest BCUT2D eigenvalue weighted by Crippen LogP contribution is 2.40. The van der Waals surface area contributed by atoms with E-state index >= 15 is 0 Å². The second kappa shape index (κ2) is 11.5. The number of benzene rings is 3. The van der Waals surface area contributed by atoms with E-state index in [1.807, 2.05) is 37.7 Å². The Balaban J connectivity index is 2.08. The summed E-state index contributed by atoms with van der Waals surface area (Å²) in [6.07, 6.45) is 13.2. The molecule has 1 aliphatic rings. The lowest BCUT2D eigenvalue weighted by atomic mass is 9.75. The summed E-state index contributed by atoms with van der Waals surface area (Å²) in [4.78, 5) is 4.67. The van der Waals surface area contributed by atoms with Gasteiger partial charge in [0.25, 0.3) is 0 Å². The van der Waals surface area contributed by atoms with E-state index in [0.29, 0.717) is 12.5 Å². The zero-order valence-corrected chi connectivity index (χ0v) is 23.0. The Kier molecular flexibility index (Phi) is 8.15. The molecule has 0 saturated heterocycles. The van der Waals surface area contributed by atoms with Crippen LogP contribution in [0.25, 0.3) is 11.6 Å². The van der Waals surface area contributed by atoms with Gasteiger partial charge in [0.2, 0.25) is 0 Å². The highest BCUT2D eigenvalue weighted by Gasteiger charge is 2.36. The number of likely N-dealkylation sites (N-methyl/N-ethyl adjacent to an activating group) is 1. The van der Waals surface area contributed by atoms with Crippen LogP contribution in [0.1, 0.15) is 59.7 Å². The molecule has 3 aromatic rings. The molecule has 0 saturated carbocycles. The Morgan fingerprint density at radius 2 is 1.89 bits per heavy atom. The molecule has 1 heterocycles. The van der Waals surface area contributed by atoms with Gasteiger partial charge < -0.3 is 10.1 Å². The minimum absolute atomic E-state index is 0.361. The maximum Gasteiger partial charge on any atom is 0.120 e. The number of rotatable bonds is 5. The van der Waals surface area contributed by atoms with Crippen molar-refractivity contribution >= 4 is 17.9 Å². The van der Waals surface area contributed by atoms with Crippen molar-refractivity contribution < 1.29 is 4.74 Å². The minimum Gasteiger partial charge on any atom is -0.489 e. The van der Waals surface area contributed by atoms with Gasteiger partial charge in [-0.25, -0.2) is 0 Å². The monoisotopic (exact) mass is 500 g/mol. The number of fused-ring (bicyclic) bond motifs is 6. The van der Waals surface area contributed by atoms with Crippen LogP contribution in [-0.4, -0.2) is 13.3 Å².